The molecule has 0 radical (unpaired) electrons. The van der Waals surface area contributed by atoms with Crippen LogP contribution in [-0.4, -0.2) is 11.5 Å². The second-order valence-electron chi connectivity index (χ2n) is 2.29. The van der Waals surface area contributed by atoms with Gasteiger partial charge in [-0.1, -0.05) is 12.7 Å². The molecule has 0 aliphatic heterocycles. The number of Topliss-reactive ketones (excluding diaryl/α,β-unsaturated/α-hetero) is 1. The van der Waals surface area contributed by atoms with Gasteiger partial charge in [0.25, 0.3) is 0 Å². The fourth-order valence-corrected chi connectivity index (χ4v) is 0.664. The highest BCUT2D eigenvalue weighted by Gasteiger charge is 1.95. The summed E-state index contributed by atoms with van der Waals surface area (Å²) >= 11 is 0. The van der Waals surface area contributed by atoms with Gasteiger partial charge in [-0.05, 0) is 32.1 Å². The van der Waals surface area contributed by atoms with Crippen molar-refractivity contribution < 1.29 is 4.79 Å². The Morgan fingerprint density at radius 3 is 2.33 bits per heavy atom. The van der Waals surface area contributed by atoms with Gasteiger partial charge in [-0.15, -0.1) is 0 Å². The Hall–Kier alpha value is -1.44. The molecule has 0 aromatic rings. The van der Waals surface area contributed by atoms with Crippen molar-refractivity contribution in [3.8, 4) is 0 Å². The Morgan fingerprint density at radius 1 is 1.42 bits per heavy atom. The third kappa shape index (κ3) is 3.66. The minimum atomic E-state index is 0.00520. The molecule has 0 heterocycles. The van der Waals surface area contributed by atoms with E-state index in [4.69, 9.17) is 5.41 Å². The molecule has 0 aromatic carbocycles. The smallest absolute Gasteiger partial charge is 0.159 e. The zero-order valence-corrected chi connectivity index (χ0v) is 7.42. The minimum absolute atomic E-state index is 0.00520. The molecule has 0 aromatic heterocycles. The van der Waals surface area contributed by atoms with Gasteiger partial charge >= 0.3 is 0 Å². The SMILES string of the molecule is C=CC(=N)/C=C\C(=C/C)C(C)=O. The number of allylic oxidation sites excluding steroid dienone is 5. The van der Waals surface area contributed by atoms with Gasteiger partial charge in [-0.2, -0.15) is 0 Å². The first-order valence-electron chi connectivity index (χ1n) is 3.68. The lowest BCUT2D eigenvalue weighted by atomic mass is 10.1. The number of hydrogen-bond donors (Lipinski definition) is 1. The fraction of sp³-hybridized carbons (Fsp3) is 0.200. The van der Waals surface area contributed by atoms with E-state index in [2.05, 4.69) is 6.58 Å². The summed E-state index contributed by atoms with van der Waals surface area (Å²) in [5, 5.41) is 7.20. The van der Waals surface area contributed by atoms with Crippen molar-refractivity contribution in [2.24, 2.45) is 0 Å². The van der Waals surface area contributed by atoms with Crippen molar-refractivity contribution in [1.82, 2.24) is 0 Å². The van der Waals surface area contributed by atoms with Gasteiger partial charge in [0.2, 0.25) is 0 Å². The topological polar surface area (TPSA) is 40.9 Å². The van der Waals surface area contributed by atoms with Crippen LogP contribution in [0.5, 0.6) is 0 Å². The molecular weight excluding hydrogens is 150 g/mol. The summed E-state index contributed by atoms with van der Waals surface area (Å²) in [7, 11) is 0. The van der Waals surface area contributed by atoms with Crippen LogP contribution < -0.4 is 0 Å². The van der Waals surface area contributed by atoms with Crippen molar-refractivity contribution in [3.05, 3.63) is 36.5 Å². The number of hydrogen-bond acceptors (Lipinski definition) is 2. The molecule has 2 heteroatoms. The molecule has 0 saturated heterocycles. The van der Waals surface area contributed by atoms with E-state index < -0.39 is 0 Å². The Labute approximate surface area is 72.8 Å². The zero-order chi connectivity index (χ0) is 9.56. The van der Waals surface area contributed by atoms with Gasteiger partial charge in [0.1, 0.15) is 0 Å². The summed E-state index contributed by atoms with van der Waals surface area (Å²) in [6, 6.07) is 0. The Bertz CT molecular complexity index is 259. The Morgan fingerprint density at radius 2 is 2.00 bits per heavy atom. The third-order valence-corrected chi connectivity index (χ3v) is 1.38. The van der Waals surface area contributed by atoms with Crippen LogP contribution in [0.3, 0.4) is 0 Å². The fourth-order valence-electron chi connectivity index (χ4n) is 0.664. The first kappa shape index (κ1) is 10.6. The van der Waals surface area contributed by atoms with E-state index in [0.717, 1.165) is 0 Å². The molecular formula is C10H13NO. The van der Waals surface area contributed by atoms with Crippen molar-refractivity contribution in [2.45, 2.75) is 13.8 Å². The van der Waals surface area contributed by atoms with Crippen molar-refractivity contribution in [3.63, 3.8) is 0 Å². The first-order chi connectivity index (χ1) is 5.61. The van der Waals surface area contributed by atoms with E-state index in [0.29, 0.717) is 11.3 Å². The predicted molar refractivity (Wildman–Crippen MR) is 51.5 cm³/mol. The molecule has 0 atom stereocenters. The number of nitrogens with one attached hydrogen (secondary N) is 1. The van der Waals surface area contributed by atoms with E-state index in [1.165, 1.54) is 13.0 Å². The average molecular weight is 163 g/mol. The Balaban J connectivity index is 4.42. The highest BCUT2D eigenvalue weighted by Crippen LogP contribution is 1.98. The van der Waals surface area contributed by atoms with Crippen molar-refractivity contribution >= 4 is 11.5 Å². The largest absolute Gasteiger partial charge is 0.301 e. The molecule has 2 nitrogen and oxygen atoms in total. The third-order valence-electron chi connectivity index (χ3n) is 1.38. The quantitative estimate of drug-likeness (QED) is 0.385. The second-order valence-corrected chi connectivity index (χ2v) is 2.29. The lowest BCUT2D eigenvalue weighted by Gasteiger charge is -1.92. The summed E-state index contributed by atoms with van der Waals surface area (Å²) in [4.78, 5) is 10.9. The van der Waals surface area contributed by atoms with E-state index in [1.54, 1.807) is 25.2 Å². The summed E-state index contributed by atoms with van der Waals surface area (Å²) in [5.41, 5.74) is 0.914. The molecule has 0 amide bonds. The molecule has 0 aliphatic rings. The maximum atomic E-state index is 10.9. The molecule has 64 valence electrons. The van der Waals surface area contributed by atoms with E-state index >= 15 is 0 Å². The van der Waals surface area contributed by atoms with Crippen LogP contribution in [-0.2, 0) is 4.79 Å². The van der Waals surface area contributed by atoms with E-state index in [1.807, 2.05) is 0 Å². The van der Waals surface area contributed by atoms with Crippen LogP contribution in [0.2, 0.25) is 0 Å². The van der Waals surface area contributed by atoms with Gasteiger partial charge in [-0.25, -0.2) is 0 Å². The lowest BCUT2D eigenvalue weighted by molar-refractivity contribution is -0.113. The predicted octanol–water partition coefficient (Wildman–Crippen LogP) is 2.28. The van der Waals surface area contributed by atoms with Crippen LogP contribution in [0.1, 0.15) is 13.8 Å². The molecule has 1 N–H and O–H groups in total. The highest BCUT2D eigenvalue weighted by molar-refractivity contribution is 6.03. The maximum Gasteiger partial charge on any atom is 0.159 e. The first-order valence-corrected chi connectivity index (χ1v) is 3.68. The van der Waals surface area contributed by atoms with Gasteiger partial charge < -0.3 is 5.41 Å². The van der Waals surface area contributed by atoms with Crippen LogP contribution in [0.25, 0.3) is 0 Å². The maximum absolute atomic E-state index is 10.9. The van der Waals surface area contributed by atoms with Crippen LogP contribution in [0.4, 0.5) is 0 Å². The second kappa shape index (κ2) is 5.24. The molecule has 0 aliphatic carbocycles. The van der Waals surface area contributed by atoms with E-state index in [-0.39, 0.29) is 5.78 Å². The normalized spacial score (nSPS) is 11.7. The summed E-state index contributed by atoms with van der Waals surface area (Å²) in [5.74, 6) is 0.00520. The standard InChI is InChI=1S/C10H13NO/c1-4-9(8(3)12)6-7-10(11)5-2/h4-7,11H,2H2,1,3H3/b7-6-,9-4+,11-10?. The minimum Gasteiger partial charge on any atom is -0.301 e. The summed E-state index contributed by atoms with van der Waals surface area (Å²) in [6.45, 7) is 6.72. The van der Waals surface area contributed by atoms with Crippen molar-refractivity contribution in [2.75, 3.05) is 0 Å². The van der Waals surface area contributed by atoms with Gasteiger partial charge in [-0.3, -0.25) is 4.79 Å². The highest BCUT2D eigenvalue weighted by atomic mass is 16.1. The van der Waals surface area contributed by atoms with Crippen LogP contribution >= 0.6 is 0 Å². The van der Waals surface area contributed by atoms with Crippen LogP contribution in [0, 0.1) is 5.41 Å². The van der Waals surface area contributed by atoms with E-state index in [9.17, 15) is 4.79 Å². The summed E-state index contributed by atoms with van der Waals surface area (Å²) < 4.78 is 0. The monoisotopic (exact) mass is 163 g/mol. The molecule has 0 bridgehead atoms. The number of rotatable bonds is 4. The van der Waals surface area contributed by atoms with Gasteiger partial charge in [0.05, 0.1) is 5.71 Å². The molecule has 0 fully saturated rings. The molecule has 12 heavy (non-hydrogen) atoms. The lowest BCUT2D eigenvalue weighted by Crippen LogP contribution is -1.93. The molecule has 0 spiro atoms. The average Bonchev–Trinajstić information content (AvgIpc) is 2.04. The van der Waals surface area contributed by atoms with Crippen LogP contribution in [0.15, 0.2) is 36.5 Å². The number of ketones is 1. The molecule has 0 saturated carbocycles. The van der Waals surface area contributed by atoms with Gasteiger partial charge in [0.15, 0.2) is 5.78 Å². The number of carbonyl (C=O) groups is 1. The number of carbonyl (C=O) groups excluding carboxylic acids is 1. The summed E-state index contributed by atoms with van der Waals surface area (Å²) in [6.07, 6.45) is 6.30. The van der Waals surface area contributed by atoms with Gasteiger partial charge in [0, 0.05) is 5.57 Å². The molecule has 0 unspecified atom stereocenters. The van der Waals surface area contributed by atoms with Crippen molar-refractivity contribution in [1.29, 1.82) is 5.41 Å². The Kier molecular flexibility index (Phi) is 4.61. The zero-order valence-electron chi connectivity index (χ0n) is 7.42. The molecule has 0 rings (SSSR count).